The predicted octanol–water partition coefficient (Wildman–Crippen LogP) is 5.58. The molecule has 31 heavy (non-hydrogen) atoms. The third kappa shape index (κ3) is 4.19. The van der Waals surface area contributed by atoms with Crippen molar-refractivity contribution in [3.63, 3.8) is 0 Å². The van der Waals surface area contributed by atoms with Crippen LogP contribution in [-0.4, -0.2) is 30.5 Å². The van der Waals surface area contributed by atoms with Gasteiger partial charge < -0.3 is 10.0 Å². The van der Waals surface area contributed by atoms with Crippen molar-refractivity contribution >= 4 is 5.69 Å². The first-order valence-electron chi connectivity index (χ1n) is 10.4. The second-order valence-electron chi connectivity index (χ2n) is 8.57. The minimum atomic E-state index is -4.65. The number of fused-ring (bicyclic) bond motifs is 1. The third-order valence-electron chi connectivity index (χ3n) is 6.19. The molecular formula is C26H26F3NO. The average molecular weight is 425 g/mol. The van der Waals surface area contributed by atoms with E-state index in [0.717, 1.165) is 33.5 Å². The van der Waals surface area contributed by atoms with Crippen molar-refractivity contribution in [2.24, 2.45) is 0 Å². The zero-order valence-electron chi connectivity index (χ0n) is 17.7. The maximum Gasteiger partial charge on any atom is 0.416 e. The molecule has 0 amide bonds. The number of benzene rings is 3. The molecule has 1 unspecified atom stereocenters. The summed E-state index contributed by atoms with van der Waals surface area (Å²) in [6, 6.07) is 24.1. The van der Waals surface area contributed by atoms with Gasteiger partial charge in [0.15, 0.2) is 6.10 Å². The minimum Gasteiger partial charge on any atom is -0.382 e. The number of nitrogens with zero attached hydrogens (tertiary/aromatic N) is 1. The van der Waals surface area contributed by atoms with Crippen LogP contribution in [0.15, 0.2) is 72.8 Å². The Labute approximate surface area is 181 Å². The number of para-hydroxylation sites is 1. The van der Waals surface area contributed by atoms with Crippen LogP contribution in [0.5, 0.6) is 0 Å². The largest absolute Gasteiger partial charge is 0.416 e. The van der Waals surface area contributed by atoms with Gasteiger partial charge in [-0.3, -0.25) is 0 Å². The lowest BCUT2D eigenvalue weighted by molar-refractivity contribution is -0.200. The Hall–Kier alpha value is -2.79. The highest BCUT2D eigenvalue weighted by atomic mass is 19.4. The maximum absolute atomic E-state index is 13.2. The summed E-state index contributed by atoms with van der Waals surface area (Å²) >= 11 is 0. The van der Waals surface area contributed by atoms with E-state index in [1.807, 2.05) is 50.2 Å². The van der Waals surface area contributed by atoms with Crippen LogP contribution in [0.2, 0.25) is 0 Å². The number of anilines is 1. The zero-order chi connectivity index (χ0) is 22.2. The summed E-state index contributed by atoms with van der Waals surface area (Å²) in [6.07, 6.45) is -6.39. The molecule has 4 rings (SSSR count). The summed E-state index contributed by atoms with van der Waals surface area (Å²) in [7, 11) is 0. The van der Waals surface area contributed by atoms with Crippen LogP contribution in [0, 0.1) is 13.8 Å². The average Bonchev–Trinajstić information content (AvgIpc) is 3.04. The van der Waals surface area contributed by atoms with E-state index in [4.69, 9.17) is 0 Å². The van der Waals surface area contributed by atoms with Gasteiger partial charge in [-0.2, -0.15) is 13.2 Å². The Balaban J connectivity index is 1.83. The first-order valence-corrected chi connectivity index (χ1v) is 10.4. The van der Waals surface area contributed by atoms with Gasteiger partial charge in [-0.15, -0.1) is 0 Å². The van der Waals surface area contributed by atoms with Gasteiger partial charge in [-0.25, -0.2) is 0 Å². The van der Waals surface area contributed by atoms with Gasteiger partial charge in [-0.05, 0) is 43.0 Å². The molecule has 1 N–H and O–H groups in total. The molecule has 1 aliphatic heterocycles. The maximum atomic E-state index is 13.2. The number of hydrogen-bond donors (Lipinski definition) is 1. The first kappa shape index (κ1) is 21.4. The van der Waals surface area contributed by atoms with Crippen LogP contribution in [0.25, 0.3) is 0 Å². The molecule has 0 aromatic heterocycles. The number of aryl methyl sites for hydroxylation is 2. The molecule has 0 radical (unpaired) electrons. The molecule has 1 heterocycles. The van der Waals surface area contributed by atoms with Crippen LogP contribution < -0.4 is 4.90 Å². The van der Waals surface area contributed by atoms with E-state index < -0.39 is 24.2 Å². The van der Waals surface area contributed by atoms with E-state index in [9.17, 15) is 18.3 Å². The van der Waals surface area contributed by atoms with E-state index in [0.29, 0.717) is 13.0 Å². The number of aliphatic hydroxyl groups is 1. The van der Waals surface area contributed by atoms with E-state index in [-0.39, 0.29) is 0 Å². The molecule has 162 valence electrons. The zero-order valence-corrected chi connectivity index (χ0v) is 17.7. The Morgan fingerprint density at radius 3 is 2.32 bits per heavy atom. The number of rotatable bonds is 5. The number of aliphatic hydroxyl groups excluding tert-OH is 1. The molecule has 0 saturated carbocycles. The van der Waals surface area contributed by atoms with Crippen molar-refractivity contribution in [3.8, 4) is 0 Å². The third-order valence-corrected chi connectivity index (χ3v) is 6.19. The van der Waals surface area contributed by atoms with Crippen LogP contribution in [-0.2, 0) is 11.8 Å². The van der Waals surface area contributed by atoms with Crippen molar-refractivity contribution < 1.29 is 18.3 Å². The summed E-state index contributed by atoms with van der Waals surface area (Å²) < 4.78 is 39.5. The van der Waals surface area contributed by atoms with Gasteiger partial charge in [0.05, 0.1) is 6.54 Å². The van der Waals surface area contributed by atoms with Gasteiger partial charge >= 0.3 is 6.18 Å². The molecule has 1 aliphatic rings. The van der Waals surface area contributed by atoms with Gasteiger partial charge in [0, 0.05) is 17.6 Å². The number of β-amino-alcohol motifs (C(OH)–C–C–N with tert-alkyl or cyclic N) is 1. The lowest BCUT2D eigenvalue weighted by atomic mass is 9.71. The van der Waals surface area contributed by atoms with Gasteiger partial charge in [0.1, 0.15) is 0 Å². The summed E-state index contributed by atoms with van der Waals surface area (Å²) in [5.41, 5.74) is 5.70. The SMILES string of the molecule is Cc1ccc(CC2(c3cccc(C)c3)CN(C[C@@H](O)C(F)(F)F)c3ccccc32)cc1. The number of halogens is 3. The van der Waals surface area contributed by atoms with Crippen molar-refractivity contribution in [2.45, 2.75) is 38.0 Å². The van der Waals surface area contributed by atoms with Crippen molar-refractivity contribution in [2.75, 3.05) is 18.0 Å². The van der Waals surface area contributed by atoms with E-state index in [1.165, 1.54) is 0 Å². The van der Waals surface area contributed by atoms with E-state index in [1.54, 1.807) is 4.90 Å². The van der Waals surface area contributed by atoms with Crippen LogP contribution in [0.4, 0.5) is 18.9 Å². The van der Waals surface area contributed by atoms with Crippen molar-refractivity contribution in [3.05, 3.63) is 101 Å². The quantitative estimate of drug-likeness (QED) is 0.577. The highest BCUT2D eigenvalue weighted by molar-refractivity contribution is 5.67. The van der Waals surface area contributed by atoms with Crippen LogP contribution >= 0.6 is 0 Å². The number of alkyl halides is 3. The highest BCUT2D eigenvalue weighted by Crippen LogP contribution is 2.47. The smallest absolute Gasteiger partial charge is 0.382 e. The molecule has 0 saturated heterocycles. The normalized spacial score (nSPS) is 19.4. The Morgan fingerprint density at radius 1 is 0.935 bits per heavy atom. The van der Waals surface area contributed by atoms with E-state index in [2.05, 4.69) is 36.4 Å². The lowest BCUT2D eigenvalue weighted by Crippen LogP contribution is -2.44. The molecule has 3 aromatic rings. The fourth-order valence-electron chi connectivity index (χ4n) is 4.62. The fraction of sp³-hybridized carbons (Fsp3) is 0.308. The molecule has 0 bridgehead atoms. The monoisotopic (exact) mass is 425 g/mol. The highest BCUT2D eigenvalue weighted by Gasteiger charge is 2.47. The van der Waals surface area contributed by atoms with Crippen molar-refractivity contribution in [1.82, 2.24) is 0 Å². The topological polar surface area (TPSA) is 23.5 Å². The minimum absolute atomic E-state index is 0.372. The van der Waals surface area contributed by atoms with E-state index >= 15 is 0 Å². The Kier molecular flexibility index (Phi) is 5.56. The molecule has 5 heteroatoms. The fourth-order valence-corrected chi connectivity index (χ4v) is 4.62. The van der Waals surface area contributed by atoms with Gasteiger partial charge in [-0.1, -0.05) is 77.9 Å². The Bertz CT molecular complexity index is 1060. The first-order chi connectivity index (χ1) is 14.7. The Morgan fingerprint density at radius 2 is 1.65 bits per heavy atom. The lowest BCUT2D eigenvalue weighted by Gasteiger charge is -2.33. The predicted molar refractivity (Wildman–Crippen MR) is 118 cm³/mol. The number of hydrogen-bond acceptors (Lipinski definition) is 2. The van der Waals surface area contributed by atoms with Crippen LogP contribution in [0.1, 0.15) is 27.8 Å². The standard InChI is InChI=1S/C26H26F3NO/c1-18-10-12-20(13-11-18)15-25(21-7-5-6-19(2)14-21)17-30(16-24(31)26(27,28)29)23-9-4-3-8-22(23)25/h3-14,24,31H,15-17H2,1-2H3/t24-,25?/m1/s1. The molecule has 0 aliphatic carbocycles. The molecular weight excluding hydrogens is 399 g/mol. The summed E-state index contributed by atoms with van der Waals surface area (Å²) in [4.78, 5) is 1.68. The summed E-state index contributed by atoms with van der Waals surface area (Å²) in [5.74, 6) is 0. The van der Waals surface area contributed by atoms with Gasteiger partial charge in [0.25, 0.3) is 0 Å². The molecule has 0 fully saturated rings. The van der Waals surface area contributed by atoms with Crippen molar-refractivity contribution in [1.29, 1.82) is 0 Å². The summed E-state index contributed by atoms with van der Waals surface area (Å²) in [5, 5.41) is 9.81. The molecule has 2 nitrogen and oxygen atoms in total. The van der Waals surface area contributed by atoms with Crippen LogP contribution in [0.3, 0.4) is 0 Å². The van der Waals surface area contributed by atoms with Gasteiger partial charge in [0.2, 0.25) is 0 Å². The molecule has 2 atom stereocenters. The second-order valence-corrected chi connectivity index (χ2v) is 8.57. The second kappa shape index (κ2) is 8.04. The molecule has 3 aromatic carbocycles. The summed E-state index contributed by atoms with van der Waals surface area (Å²) in [6.45, 7) is 3.94. The molecule has 0 spiro atoms.